The van der Waals surface area contributed by atoms with Gasteiger partial charge in [0.2, 0.25) is 0 Å². The first-order valence-corrected chi connectivity index (χ1v) is 6.15. The van der Waals surface area contributed by atoms with Gasteiger partial charge in [0, 0.05) is 32.0 Å². The van der Waals surface area contributed by atoms with E-state index in [2.05, 4.69) is 20.0 Å². The predicted octanol–water partition coefficient (Wildman–Crippen LogP) is 0.849. The number of ether oxygens (including phenoxy) is 2. The van der Waals surface area contributed by atoms with Gasteiger partial charge in [0.1, 0.15) is 0 Å². The molecule has 7 heteroatoms. The van der Waals surface area contributed by atoms with E-state index in [1.165, 1.54) is 7.11 Å². The zero-order chi connectivity index (χ0) is 14.4. The zero-order valence-electron chi connectivity index (χ0n) is 11.4. The molecule has 0 aliphatic carbocycles. The molecule has 2 rings (SSSR count). The maximum absolute atomic E-state index is 11.6. The van der Waals surface area contributed by atoms with Crippen LogP contribution in [-0.2, 0) is 29.0 Å². The van der Waals surface area contributed by atoms with Gasteiger partial charge in [-0.15, -0.1) is 5.10 Å². The number of hydrogen-bond acceptors (Lipinski definition) is 6. The Morgan fingerprint density at radius 1 is 1.35 bits per heavy atom. The average Bonchev–Trinajstić information content (AvgIpc) is 2.89. The van der Waals surface area contributed by atoms with Crippen LogP contribution in [0.4, 0.5) is 0 Å². The van der Waals surface area contributed by atoms with Crippen molar-refractivity contribution in [1.82, 2.24) is 20.0 Å². The molecule has 0 aliphatic heterocycles. The van der Waals surface area contributed by atoms with Crippen molar-refractivity contribution in [2.45, 2.75) is 19.6 Å². The minimum atomic E-state index is -0.513. The topological polar surface area (TPSA) is 79.1 Å². The van der Waals surface area contributed by atoms with Gasteiger partial charge >= 0.3 is 5.97 Å². The molecule has 0 N–H and O–H groups in total. The Hall–Kier alpha value is -2.28. The van der Waals surface area contributed by atoms with Gasteiger partial charge in [0.05, 0.1) is 19.4 Å². The van der Waals surface area contributed by atoms with Gasteiger partial charge in [-0.2, -0.15) is 0 Å². The van der Waals surface area contributed by atoms with Crippen LogP contribution < -0.4 is 0 Å². The highest BCUT2D eigenvalue weighted by atomic mass is 16.5. The van der Waals surface area contributed by atoms with E-state index < -0.39 is 5.97 Å². The van der Waals surface area contributed by atoms with E-state index in [9.17, 15) is 4.79 Å². The van der Waals surface area contributed by atoms with Crippen LogP contribution in [0.1, 0.15) is 21.9 Å². The molecule has 20 heavy (non-hydrogen) atoms. The second-order valence-electron chi connectivity index (χ2n) is 4.10. The number of aromatic nitrogens is 4. The number of nitrogens with zero attached hydrogens (tertiary/aromatic N) is 4. The summed E-state index contributed by atoms with van der Waals surface area (Å²) in [5.74, 6) is -0.513. The Bertz CT molecular complexity index is 568. The van der Waals surface area contributed by atoms with Crippen molar-refractivity contribution in [1.29, 1.82) is 0 Å². The van der Waals surface area contributed by atoms with Crippen molar-refractivity contribution in [3.63, 3.8) is 0 Å². The van der Waals surface area contributed by atoms with Crippen LogP contribution in [0.25, 0.3) is 0 Å². The molecule has 0 aromatic carbocycles. The summed E-state index contributed by atoms with van der Waals surface area (Å²) >= 11 is 0. The lowest BCUT2D eigenvalue weighted by molar-refractivity contribution is 0.0588. The molecule has 2 heterocycles. The molecule has 106 valence electrons. The third-order valence-electron chi connectivity index (χ3n) is 2.80. The van der Waals surface area contributed by atoms with Crippen molar-refractivity contribution in [2.24, 2.45) is 0 Å². The summed E-state index contributed by atoms with van der Waals surface area (Å²) in [6.45, 7) is 0.819. The summed E-state index contributed by atoms with van der Waals surface area (Å²) in [5, 5.41) is 7.83. The number of carbonyl (C=O) groups is 1. The maximum Gasteiger partial charge on any atom is 0.360 e. The highest BCUT2D eigenvalue weighted by molar-refractivity contribution is 5.88. The van der Waals surface area contributed by atoms with Crippen LogP contribution in [0.3, 0.4) is 0 Å². The number of carbonyl (C=O) groups excluding carboxylic acids is 1. The zero-order valence-corrected chi connectivity index (χ0v) is 11.4. The van der Waals surface area contributed by atoms with Gasteiger partial charge < -0.3 is 9.47 Å². The summed E-state index contributed by atoms with van der Waals surface area (Å²) in [7, 11) is 2.86. The molecule has 0 bridgehead atoms. The van der Waals surface area contributed by atoms with Gasteiger partial charge in [-0.05, 0) is 12.1 Å². The standard InChI is InChI=1S/C13H16N4O3/c1-19-9-11-12(13(18)20-2)15-16-17(11)8-6-10-5-3-4-7-14-10/h3-5,7H,6,8-9H2,1-2H3. The van der Waals surface area contributed by atoms with Crippen LogP contribution in [-0.4, -0.2) is 40.2 Å². The predicted molar refractivity (Wildman–Crippen MR) is 70.0 cm³/mol. The van der Waals surface area contributed by atoms with Gasteiger partial charge in [-0.1, -0.05) is 11.3 Å². The number of methoxy groups -OCH3 is 2. The number of pyridine rings is 1. The monoisotopic (exact) mass is 276 g/mol. The molecule has 0 radical (unpaired) electrons. The molecule has 0 spiro atoms. The minimum absolute atomic E-state index is 0.190. The van der Waals surface area contributed by atoms with Crippen molar-refractivity contribution >= 4 is 5.97 Å². The maximum atomic E-state index is 11.6. The van der Waals surface area contributed by atoms with E-state index in [4.69, 9.17) is 4.74 Å². The highest BCUT2D eigenvalue weighted by Gasteiger charge is 2.20. The lowest BCUT2D eigenvalue weighted by Crippen LogP contribution is -2.12. The first kappa shape index (κ1) is 14.1. The number of esters is 1. The van der Waals surface area contributed by atoms with E-state index in [0.29, 0.717) is 18.7 Å². The van der Waals surface area contributed by atoms with Crippen molar-refractivity contribution in [3.8, 4) is 0 Å². The third-order valence-corrected chi connectivity index (χ3v) is 2.80. The van der Waals surface area contributed by atoms with E-state index in [1.807, 2.05) is 18.2 Å². The van der Waals surface area contributed by atoms with Crippen molar-refractivity contribution in [3.05, 3.63) is 41.5 Å². The smallest absolute Gasteiger partial charge is 0.360 e. The number of aryl methyl sites for hydroxylation is 2. The van der Waals surface area contributed by atoms with Crippen molar-refractivity contribution < 1.29 is 14.3 Å². The number of rotatable bonds is 6. The highest BCUT2D eigenvalue weighted by Crippen LogP contribution is 2.09. The molecule has 0 saturated carbocycles. The Labute approximate surface area is 116 Å². The Morgan fingerprint density at radius 3 is 2.85 bits per heavy atom. The average molecular weight is 276 g/mol. The molecule has 7 nitrogen and oxygen atoms in total. The van der Waals surface area contributed by atoms with Gasteiger partial charge in [0.15, 0.2) is 5.69 Å². The fourth-order valence-electron chi connectivity index (χ4n) is 1.81. The van der Waals surface area contributed by atoms with Crippen LogP contribution in [0.2, 0.25) is 0 Å². The molecular formula is C13H16N4O3. The first-order chi connectivity index (χ1) is 9.76. The largest absolute Gasteiger partial charge is 0.464 e. The normalized spacial score (nSPS) is 10.5. The van der Waals surface area contributed by atoms with E-state index >= 15 is 0 Å². The van der Waals surface area contributed by atoms with E-state index in [-0.39, 0.29) is 12.3 Å². The summed E-state index contributed by atoms with van der Waals surface area (Å²) in [4.78, 5) is 15.8. The molecule has 0 aliphatic rings. The molecule has 2 aromatic rings. The lowest BCUT2D eigenvalue weighted by Gasteiger charge is -2.06. The van der Waals surface area contributed by atoms with Crippen LogP contribution >= 0.6 is 0 Å². The van der Waals surface area contributed by atoms with Gasteiger partial charge in [0.25, 0.3) is 0 Å². The summed E-state index contributed by atoms with van der Waals surface area (Å²) in [6.07, 6.45) is 2.44. The van der Waals surface area contributed by atoms with Crippen molar-refractivity contribution in [2.75, 3.05) is 14.2 Å². The van der Waals surface area contributed by atoms with Crippen LogP contribution in [0, 0.1) is 0 Å². The van der Waals surface area contributed by atoms with Gasteiger partial charge in [-0.25, -0.2) is 9.48 Å². The third kappa shape index (κ3) is 3.18. The molecule has 0 fully saturated rings. The van der Waals surface area contributed by atoms with Crippen LogP contribution in [0.15, 0.2) is 24.4 Å². The Kier molecular flexibility index (Phi) is 4.78. The molecule has 0 saturated heterocycles. The van der Waals surface area contributed by atoms with Crippen LogP contribution in [0.5, 0.6) is 0 Å². The number of hydrogen-bond donors (Lipinski definition) is 0. The van der Waals surface area contributed by atoms with E-state index in [0.717, 1.165) is 5.69 Å². The Morgan fingerprint density at radius 2 is 2.20 bits per heavy atom. The molecule has 2 aromatic heterocycles. The summed E-state index contributed by atoms with van der Waals surface area (Å²) in [5.41, 5.74) is 1.75. The summed E-state index contributed by atoms with van der Waals surface area (Å²) < 4.78 is 11.4. The second-order valence-corrected chi connectivity index (χ2v) is 4.10. The molecule has 0 amide bonds. The second kappa shape index (κ2) is 6.76. The lowest BCUT2D eigenvalue weighted by atomic mass is 10.2. The quantitative estimate of drug-likeness (QED) is 0.728. The summed E-state index contributed by atoms with van der Waals surface area (Å²) in [6, 6.07) is 5.73. The Balaban J connectivity index is 2.15. The van der Waals surface area contributed by atoms with Gasteiger partial charge in [-0.3, -0.25) is 4.98 Å². The van der Waals surface area contributed by atoms with E-state index in [1.54, 1.807) is 18.0 Å². The fourth-order valence-corrected chi connectivity index (χ4v) is 1.81. The molecule has 0 atom stereocenters. The molecule has 0 unspecified atom stereocenters. The first-order valence-electron chi connectivity index (χ1n) is 6.15. The minimum Gasteiger partial charge on any atom is -0.464 e. The fraction of sp³-hybridized carbons (Fsp3) is 0.385. The molecular weight excluding hydrogens is 260 g/mol. The SMILES string of the molecule is COCc1c(C(=O)OC)nnn1CCc1ccccn1.